The molecular formula is C21H30N4O3. The molecule has 2 aliphatic heterocycles. The third kappa shape index (κ3) is 3.86. The van der Waals surface area contributed by atoms with Crippen molar-refractivity contribution < 1.29 is 14.1 Å². The summed E-state index contributed by atoms with van der Waals surface area (Å²) in [5, 5.41) is 4.04. The fraction of sp³-hybridized carbons (Fsp3) is 0.619. The lowest BCUT2D eigenvalue weighted by molar-refractivity contribution is -0.136. The van der Waals surface area contributed by atoms with Gasteiger partial charge in [0.25, 0.3) is 0 Å². The summed E-state index contributed by atoms with van der Waals surface area (Å²) in [4.78, 5) is 17.5. The van der Waals surface area contributed by atoms with Crippen molar-refractivity contribution in [2.24, 2.45) is 0 Å². The van der Waals surface area contributed by atoms with Crippen molar-refractivity contribution in [2.45, 2.75) is 45.2 Å². The van der Waals surface area contributed by atoms with Crippen LogP contribution in [0.5, 0.6) is 0 Å². The summed E-state index contributed by atoms with van der Waals surface area (Å²) in [6, 6.07) is 4.07. The molecule has 2 aromatic heterocycles. The average Bonchev–Trinajstić information content (AvgIpc) is 3.36. The predicted octanol–water partition coefficient (Wildman–Crippen LogP) is 2.33. The number of aryl methyl sites for hydroxylation is 2. The number of ether oxygens (including phenoxy) is 1. The number of carbonyl (C=O) groups is 1. The second kappa shape index (κ2) is 8.09. The first-order valence-electron chi connectivity index (χ1n) is 10.2. The Bertz CT molecular complexity index is 765. The van der Waals surface area contributed by atoms with Crippen LogP contribution in [0, 0.1) is 13.8 Å². The van der Waals surface area contributed by atoms with E-state index in [0.29, 0.717) is 6.42 Å². The number of carbonyl (C=O) groups excluding carboxylic acids is 1. The lowest BCUT2D eigenvalue weighted by Crippen LogP contribution is -2.51. The molecule has 0 aliphatic carbocycles. The van der Waals surface area contributed by atoms with Crippen molar-refractivity contribution >= 4 is 5.91 Å². The van der Waals surface area contributed by atoms with Gasteiger partial charge in [0.2, 0.25) is 5.91 Å². The summed E-state index contributed by atoms with van der Waals surface area (Å²) in [7, 11) is 0. The first-order chi connectivity index (χ1) is 13.6. The molecule has 7 heteroatoms. The molecule has 0 saturated carbocycles. The number of amides is 1. The Kier molecular flexibility index (Phi) is 5.55. The maximum absolute atomic E-state index is 13.1. The van der Waals surface area contributed by atoms with Gasteiger partial charge in [0.15, 0.2) is 0 Å². The quantitative estimate of drug-likeness (QED) is 0.789. The van der Waals surface area contributed by atoms with Crippen molar-refractivity contribution in [2.75, 3.05) is 39.4 Å². The molecule has 4 rings (SSSR count). The third-order valence-corrected chi connectivity index (χ3v) is 6.34. The fourth-order valence-corrected chi connectivity index (χ4v) is 4.43. The summed E-state index contributed by atoms with van der Waals surface area (Å²) in [6.45, 7) is 9.55. The summed E-state index contributed by atoms with van der Waals surface area (Å²) < 4.78 is 13.1. The minimum atomic E-state index is -0.146. The van der Waals surface area contributed by atoms with E-state index >= 15 is 0 Å². The van der Waals surface area contributed by atoms with E-state index in [0.717, 1.165) is 70.2 Å². The molecule has 2 aromatic rings. The van der Waals surface area contributed by atoms with Gasteiger partial charge >= 0.3 is 0 Å². The van der Waals surface area contributed by atoms with Crippen LogP contribution in [0.2, 0.25) is 0 Å². The van der Waals surface area contributed by atoms with Gasteiger partial charge in [-0.05, 0) is 38.8 Å². The Hall–Kier alpha value is -2.12. The lowest BCUT2D eigenvalue weighted by Gasteiger charge is -2.41. The SMILES string of the molecule is Cc1noc(C)c1CN1CCN(C(=O)CC2(n3cccc3)CCOCC2)CC1. The van der Waals surface area contributed by atoms with Crippen molar-refractivity contribution in [3.63, 3.8) is 0 Å². The van der Waals surface area contributed by atoms with Gasteiger partial charge in [-0.2, -0.15) is 0 Å². The van der Waals surface area contributed by atoms with Crippen molar-refractivity contribution in [3.8, 4) is 0 Å². The molecule has 0 bridgehead atoms. The van der Waals surface area contributed by atoms with Gasteiger partial charge < -0.3 is 18.7 Å². The molecule has 0 N–H and O–H groups in total. The molecule has 0 unspecified atom stereocenters. The molecule has 152 valence electrons. The van der Waals surface area contributed by atoms with Crippen LogP contribution in [-0.2, 0) is 21.6 Å². The van der Waals surface area contributed by atoms with E-state index < -0.39 is 0 Å². The van der Waals surface area contributed by atoms with Crippen LogP contribution in [-0.4, -0.2) is 64.8 Å². The van der Waals surface area contributed by atoms with Gasteiger partial charge in [0.1, 0.15) is 5.76 Å². The zero-order chi connectivity index (χ0) is 19.6. The number of piperazine rings is 1. The highest BCUT2D eigenvalue weighted by atomic mass is 16.5. The van der Waals surface area contributed by atoms with E-state index in [-0.39, 0.29) is 11.4 Å². The largest absolute Gasteiger partial charge is 0.381 e. The van der Waals surface area contributed by atoms with Gasteiger partial charge in [-0.15, -0.1) is 0 Å². The molecule has 2 fully saturated rings. The van der Waals surface area contributed by atoms with Gasteiger partial charge in [-0.25, -0.2) is 0 Å². The standard InChI is InChI=1S/C21H30N4O3/c1-17-19(18(2)28-22-17)16-23-9-11-24(12-10-23)20(26)15-21(5-13-27-14-6-21)25-7-3-4-8-25/h3-4,7-8H,5-6,9-16H2,1-2H3. The van der Waals surface area contributed by atoms with Crippen LogP contribution in [0.25, 0.3) is 0 Å². The van der Waals surface area contributed by atoms with Gasteiger partial charge in [0.05, 0.1) is 17.7 Å². The van der Waals surface area contributed by atoms with Crippen LogP contribution in [0.3, 0.4) is 0 Å². The molecule has 2 saturated heterocycles. The molecule has 0 spiro atoms. The van der Waals surface area contributed by atoms with Crippen LogP contribution in [0.15, 0.2) is 29.0 Å². The molecule has 4 heterocycles. The highest BCUT2D eigenvalue weighted by Crippen LogP contribution is 2.33. The Morgan fingerprint density at radius 2 is 1.79 bits per heavy atom. The summed E-state index contributed by atoms with van der Waals surface area (Å²) in [5.74, 6) is 1.15. The second-order valence-electron chi connectivity index (χ2n) is 8.06. The van der Waals surface area contributed by atoms with Crippen molar-refractivity contribution in [1.82, 2.24) is 19.5 Å². The van der Waals surface area contributed by atoms with Crippen molar-refractivity contribution in [1.29, 1.82) is 0 Å². The van der Waals surface area contributed by atoms with Gasteiger partial charge in [-0.3, -0.25) is 9.69 Å². The van der Waals surface area contributed by atoms with Crippen LogP contribution in [0.1, 0.15) is 36.3 Å². The van der Waals surface area contributed by atoms with E-state index in [1.54, 1.807) is 0 Å². The van der Waals surface area contributed by atoms with E-state index in [1.165, 1.54) is 5.56 Å². The molecule has 0 aromatic carbocycles. The number of nitrogens with zero attached hydrogens (tertiary/aromatic N) is 4. The molecule has 7 nitrogen and oxygen atoms in total. The first kappa shape index (κ1) is 19.2. The second-order valence-corrected chi connectivity index (χ2v) is 8.06. The minimum Gasteiger partial charge on any atom is -0.381 e. The average molecular weight is 386 g/mol. The number of aromatic nitrogens is 2. The van der Waals surface area contributed by atoms with Crippen LogP contribution < -0.4 is 0 Å². The highest BCUT2D eigenvalue weighted by molar-refractivity contribution is 5.77. The molecule has 0 atom stereocenters. The topological polar surface area (TPSA) is 63.7 Å². The summed E-state index contributed by atoms with van der Waals surface area (Å²) in [6.07, 6.45) is 6.49. The Balaban J connectivity index is 1.36. The van der Waals surface area contributed by atoms with E-state index in [2.05, 4.69) is 27.0 Å². The maximum atomic E-state index is 13.1. The first-order valence-corrected chi connectivity index (χ1v) is 10.2. The Morgan fingerprint density at radius 3 is 2.39 bits per heavy atom. The maximum Gasteiger partial charge on any atom is 0.225 e. The lowest BCUT2D eigenvalue weighted by atomic mass is 9.85. The highest BCUT2D eigenvalue weighted by Gasteiger charge is 2.37. The number of rotatable bonds is 5. The zero-order valence-electron chi connectivity index (χ0n) is 16.9. The molecular weight excluding hydrogens is 356 g/mol. The Labute approximate surface area is 166 Å². The Morgan fingerprint density at radius 1 is 1.11 bits per heavy atom. The number of hydrogen-bond donors (Lipinski definition) is 0. The van der Waals surface area contributed by atoms with Crippen LogP contribution in [0.4, 0.5) is 0 Å². The van der Waals surface area contributed by atoms with E-state index in [1.807, 2.05) is 30.9 Å². The molecule has 0 radical (unpaired) electrons. The summed E-state index contributed by atoms with van der Waals surface area (Å²) >= 11 is 0. The van der Waals surface area contributed by atoms with Gasteiger partial charge in [0, 0.05) is 63.9 Å². The molecule has 2 aliphatic rings. The van der Waals surface area contributed by atoms with E-state index in [9.17, 15) is 4.79 Å². The summed E-state index contributed by atoms with van der Waals surface area (Å²) in [5.41, 5.74) is 1.99. The monoisotopic (exact) mass is 386 g/mol. The fourth-order valence-electron chi connectivity index (χ4n) is 4.43. The minimum absolute atomic E-state index is 0.146. The van der Waals surface area contributed by atoms with Crippen molar-refractivity contribution in [3.05, 3.63) is 41.5 Å². The van der Waals surface area contributed by atoms with Crippen LogP contribution >= 0.6 is 0 Å². The smallest absolute Gasteiger partial charge is 0.225 e. The predicted molar refractivity (Wildman–Crippen MR) is 105 cm³/mol. The zero-order valence-corrected chi connectivity index (χ0v) is 16.9. The molecule has 28 heavy (non-hydrogen) atoms. The van der Waals surface area contributed by atoms with Gasteiger partial charge in [-0.1, -0.05) is 5.16 Å². The number of hydrogen-bond acceptors (Lipinski definition) is 5. The van der Waals surface area contributed by atoms with E-state index in [4.69, 9.17) is 9.26 Å². The molecule has 1 amide bonds. The third-order valence-electron chi connectivity index (χ3n) is 6.34. The normalized spacial score (nSPS) is 20.4.